The molecule has 0 unspecified atom stereocenters. The van der Waals surface area contributed by atoms with Crippen LogP contribution in [0.1, 0.15) is 40.0 Å². The van der Waals surface area contributed by atoms with E-state index in [0.717, 1.165) is 8.87 Å². The summed E-state index contributed by atoms with van der Waals surface area (Å²) in [6, 6.07) is 0. The van der Waals surface area contributed by atoms with Crippen molar-refractivity contribution in [3.8, 4) is 0 Å². The van der Waals surface area contributed by atoms with Crippen LogP contribution in [0.3, 0.4) is 0 Å². The van der Waals surface area contributed by atoms with Gasteiger partial charge in [0.2, 0.25) is 0 Å². The predicted molar refractivity (Wildman–Crippen MR) is 67.3 cm³/mol. The van der Waals surface area contributed by atoms with Gasteiger partial charge in [0.05, 0.1) is 0 Å². The molecular weight excluding hydrogens is 295 g/mol. The molecule has 0 bridgehead atoms. The van der Waals surface area contributed by atoms with Crippen LogP contribution in [0.2, 0.25) is 13.3 Å². The Kier molecular flexibility index (Phi) is 8.20. The zero-order valence-electron chi connectivity index (χ0n) is 10.3. The molecule has 15 heavy (non-hydrogen) atoms. The SMILES string of the molecule is C=CC(=O)[O][Sn]([CH2]C)([CH2]C)[CH2]CCCC. The van der Waals surface area contributed by atoms with Gasteiger partial charge in [0, 0.05) is 0 Å². The van der Waals surface area contributed by atoms with E-state index in [9.17, 15) is 4.79 Å². The molecule has 0 heterocycles. The fourth-order valence-corrected chi connectivity index (χ4v) is 10.3. The van der Waals surface area contributed by atoms with Crippen molar-refractivity contribution in [2.45, 2.75) is 53.3 Å². The van der Waals surface area contributed by atoms with Crippen LogP contribution in [0, 0.1) is 0 Å². The maximum absolute atomic E-state index is 11.3. The number of carbonyl (C=O) groups is 1. The first-order chi connectivity index (χ1) is 7.14. The Bertz CT molecular complexity index is 198. The van der Waals surface area contributed by atoms with Crippen molar-refractivity contribution in [3.63, 3.8) is 0 Å². The average Bonchev–Trinajstić information content (AvgIpc) is 2.27. The predicted octanol–water partition coefficient (Wildman–Crippen LogP) is 3.89. The van der Waals surface area contributed by atoms with Crippen LogP contribution < -0.4 is 0 Å². The number of unbranched alkanes of at least 4 members (excludes halogenated alkanes) is 2. The molecule has 0 saturated heterocycles. The van der Waals surface area contributed by atoms with Gasteiger partial charge >= 0.3 is 98.6 Å². The van der Waals surface area contributed by atoms with Gasteiger partial charge in [-0.3, -0.25) is 0 Å². The van der Waals surface area contributed by atoms with E-state index in [-0.39, 0.29) is 5.97 Å². The molecule has 0 amide bonds. The van der Waals surface area contributed by atoms with E-state index in [4.69, 9.17) is 3.07 Å². The molecule has 0 spiro atoms. The van der Waals surface area contributed by atoms with Crippen molar-refractivity contribution in [1.82, 2.24) is 0 Å². The molecule has 0 aliphatic carbocycles. The van der Waals surface area contributed by atoms with E-state index < -0.39 is 18.8 Å². The molecule has 88 valence electrons. The third-order valence-electron chi connectivity index (χ3n) is 3.01. The van der Waals surface area contributed by atoms with Crippen LogP contribution in [-0.4, -0.2) is 24.8 Å². The number of hydrogen-bond acceptors (Lipinski definition) is 2. The molecule has 0 aromatic rings. The summed E-state index contributed by atoms with van der Waals surface area (Å²) in [5.41, 5.74) is 0. The summed E-state index contributed by atoms with van der Waals surface area (Å²) in [7, 11) is 0. The molecular formula is C12H24O2Sn. The Labute approximate surface area is 98.5 Å². The molecule has 0 rings (SSSR count). The van der Waals surface area contributed by atoms with Crippen LogP contribution in [0.5, 0.6) is 0 Å². The third kappa shape index (κ3) is 5.59. The molecule has 3 heteroatoms. The van der Waals surface area contributed by atoms with Gasteiger partial charge in [0.1, 0.15) is 0 Å². The van der Waals surface area contributed by atoms with Gasteiger partial charge in [-0.15, -0.1) is 0 Å². The summed E-state index contributed by atoms with van der Waals surface area (Å²) in [6.45, 7) is 10.0. The van der Waals surface area contributed by atoms with E-state index in [1.807, 2.05) is 0 Å². The minimum atomic E-state index is -2.56. The average molecular weight is 319 g/mol. The van der Waals surface area contributed by atoms with E-state index >= 15 is 0 Å². The van der Waals surface area contributed by atoms with Gasteiger partial charge in [0.15, 0.2) is 0 Å². The van der Waals surface area contributed by atoms with Gasteiger partial charge in [0.25, 0.3) is 0 Å². The van der Waals surface area contributed by atoms with Gasteiger partial charge in [-0.1, -0.05) is 0 Å². The monoisotopic (exact) mass is 320 g/mol. The van der Waals surface area contributed by atoms with Gasteiger partial charge in [-0.05, 0) is 0 Å². The van der Waals surface area contributed by atoms with Crippen molar-refractivity contribution in [2.75, 3.05) is 0 Å². The van der Waals surface area contributed by atoms with E-state index in [1.165, 1.54) is 29.8 Å². The summed E-state index contributed by atoms with van der Waals surface area (Å²) >= 11 is -2.56. The van der Waals surface area contributed by atoms with Crippen molar-refractivity contribution < 1.29 is 7.87 Å². The van der Waals surface area contributed by atoms with Crippen LogP contribution in [-0.2, 0) is 7.87 Å². The fourth-order valence-electron chi connectivity index (χ4n) is 1.75. The van der Waals surface area contributed by atoms with Gasteiger partial charge < -0.3 is 0 Å². The Hall–Kier alpha value is 0.00870. The molecule has 0 saturated carbocycles. The van der Waals surface area contributed by atoms with Crippen LogP contribution in [0.15, 0.2) is 12.7 Å². The standard InChI is InChI=1S/C5H11.C3H4O2.2C2H5.Sn/c1-3-5-4-2;1-2-3(4)5;2*1-2;/h1,3-5H2,2H3;2H,1H2,(H,4,5);2*1H2,2H3;/q;;;;+1/p-1. The Morgan fingerprint density at radius 2 is 1.87 bits per heavy atom. The van der Waals surface area contributed by atoms with Gasteiger partial charge in [-0.25, -0.2) is 0 Å². The zero-order chi connectivity index (χ0) is 11.7. The molecule has 0 fully saturated rings. The van der Waals surface area contributed by atoms with Gasteiger partial charge in [-0.2, -0.15) is 0 Å². The molecule has 2 nitrogen and oxygen atoms in total. The topological polar surface area (TPSA) is 26.3 Å². The molecule has 0 aromatic carbocycles. The second-order valence-corrected chi connectivity index (χ2v) is 16.8. The van der Waals surface area contributed by atoms with Crippen molar-refractivity contribution in [1.29, 1.82) is 0 Å². The summed E-state index contributed by atoms with van der Waals surface area (Å²) in [6.07, 6.45) is 5.00. The summed E-state index contributed by atoms with van der Waals surface area (Å²) in [5.74, 6) is -0.203. The van der Waals surface area contributed by atoms with Crippen LogP contribution in [0.25, 0.3) is 0 Å². The van der Waals surface area contributed by atoms with Crippen molar-refractivity contribution >= 4 is 24.8 Å². The third-order valence-corrected chi connectivity index (χ3v) is 15.8. The summed E-state index contributed by atoms with van der Waals surface area (Å²) in [5, 5.41) is 0. The molecule has 0 radical (unpaired) electrons. The van der Waals surface area contributed by atoms with Crippen LogP contribution in [0.4, 0.5) is 0 Å². The number of carbonyl (C=O) groups excluding carboxylic acids is 1. The minimum absolute atomic E-state index is 0.203. The Balaban J connectivity index is 4.28. The second kappa shape index (κ2) is 8.19. The molecule has 0 aliphatic rings. The zero-order valence-corrected chi connectivity index (χ0v) is 13.2. The van der Waals surface area contributed by atoms with Crippen molar-refractivity contribution in [2.24, 2.45) is 0 Å². The van der Waals surface area contributed by atoms with E-state index in [2.05, 4.69) is 27.4 Å². The second-order valence-electron chi connectivity index (χ2n) is 3.97. The maximum atomic E-state index is 11.3. The first-order valence-electron chi connectivity index (χ1n) is 5.99. The fraction of sp³-hybridized carbons (Fsp3) is 0.750. The normalized spacial score (nSPS) is 11.1. The Morgan fingerprint density at radius 1 is 1.27 bits per heavy atom. The first-order valence-corrected chi connectivity index (χ1v) is 13.2. The van der Waals surface area contributed by atoms with E-state index in [0.29, 0.717) is 0 Å². The molecule has 0 aromatic heterocycles. The number of rotatable bonds is 8. The van der Waals surface area contributed by atoms with E-state index in [1.54, 1.807) is 0 Å². The summed E-state index contributed by atoms with van der Waals surface area (Å²) in [4.78, 5) is 11.3. The summed E-state index contributed by atoms with van der Waals surface area (Å²) < 4.78 is 9.04. The first kappa shape index (κ1) is 15.0. The van der Waals surface area contributed by atoms with Crippen LogP contribution >= 0.6 is 0 Å². The Morgan fingerprint density at radius 3 is 2.27 bits per heavy atom. The molecule has 0 atom stereocenters. The van der Waals surface area contributed by atoms with Crippen molar-refractivity contribution in [3.05, 3.63) is 12.7 Å². The molecule has 0 N–H and O–H groups in total. The number of hydrogen-bond donors (Lipinski definition) is 0. The quantitative estimate of drug-likeness (QED) is 0.385. The molecule has 0 aliphatic heterocycles.